The van der Waals surface area contributed by atoms with Gasteiger partial charge in [0.2, 0.25) is 9.84 Å². The van der Waals surface area contributed by atoms with Crippen molar-refractivity contribution in [3.8, 4) is 33.4 Å². The molecule has 0 fully saturated rings. The van der Waals surface area contributed by atoms with Gasteiger partial charge in [-0.15, -0.1) is 0 Å². The van der Waals surface area contributed by atoms with Gasteiger partial charge in [0.15, 0.2) is 0 Å². The van der Waals surface area contributed by atoms with Gasteiger partial charge in [0.1, 0.15) is 0 Å². The second kappa shape index (κ2) is 13.5. The number of benzene rings is 8. The van der Waals surface area contributed by atoms with Gasteiger partial charge < -0.3 is 9.80 Å². The summed E-state index contributed by atoms with van der Waals surface area (Å²) in [5.41, 5.74) is 12.1. The average molecular weight is 703 g/mol. The van der Waals surface area contributed by atoms with Crippen LogP contribution in [0.2, 0.25) is 0 Å². The lowest BCUT2D eigenvalue weighted by atomic mass is 10.0. The van der Waals surface area contributed by atoms with Gasteiger partial charge in [-0.25, -0.2) is 8.42 Å². The van der Waals surface area contributed by atoms with Crippen LogP contribution in [-0.2, 0) is 9.84 Å². The van der Waals surface area contributed by atoms with Crippen molar-refractivity contribution in [2.45, 2.75) is 9.79 Å². The number of anilines is 6. The molecule has 0 radical (unpaired) electrons. The smallest absolute Gasteiger partial charge is 0.210 e. The van der Waals surface area contributed by atoms with Gasteiger partial charge in [0.05, 0.1) is 21.2 Å². The summed E-state index contributed by atoms with van der Waals surface area (Å²) >= 11 is 0. The molecule has 1 heterocycles. The fraction of sp³-hybridized carbons (Fsp3) is 0. The SMILES string of the molecule is O=S1(=O)c2ccccc2N(c2cccc(-c3ccc(N(c4ccc(-c5ccccc5)cc4)c4ccc(-c5ccccc5)cc4)cc3)c2)c2ccccc21. The molecule has 0 unspecified atom stereocenters. The molecule has 0 N–H and O–H groups in total. The Hall–Kier alpha value is -6.69. The summed E-state index contributed by atoms with van der Waals surface area (Å²) in [6.07, 6.45) is 0. The van der Waals surface area contributed by atoms with Crippen molar-refractivity contribution in [1.82, 2.24) is 0 Å². The third-order valence-electron chi connectivity index (χ3n) is 9.82. The summed E-state index contributed by atoms with van der Waals surface area (Å²) in [6.45, 7) is 0. The topological polar surface area (TPSA) is 40.6 Å². The van der Waals surface area contributed by atoms with E-state index in [1.165, 1.54) is 22.3 Å². The molecule has 1 aliphatic rings. The summed E-state index contributed by atoms with van der Waals surface area (Å²) in [7, 11) is -3.64. The molecule has 53 heavy (non-hydrogen) atoms. The summed E-state index contributed by atoms with van der Waals surface area (Å²) in [6, 6.07) is 69.7. The molecule has 8 aromatic carbocycles. The maximum absolute atomic E-state index is 13.6. The van der Waals surface area contributed by atoms with Crippen LogP contribution in [0.5, 0.6) is 0 Å². The van der Waals surface area contributed by atoms with Crippen LogP contribution in [0, 0.1) is 0 Å². The highest BCUT2D eigenvalue weighted by Gasteiger charge is 2.34. The maximum atomic E-state index is 13.6. The molecule has 4 nitrogen and oxygen atoms in total. The van der Waals surface area contributed by atoms with E-state index in [4.69, 9.17) is 0 Å². The van der Waals surface area contributed by atoms with E-state index in [0.717, 1.165) is 33.9 Å². The quantitative estimate of drug-likeness (QED) is 0.166. The van der Waals surface area contributed by atoms with Gasteiger partial charge in [0, 0.05) is 22.7 Å². The minimum Gasteiger partial charge on any atom is -0.311 e. The Labute approximate surface area is 310 Å². The lowest BCUT2D eigenvalue weighted by Gasteiger charge is -2.33. The monoisotopic (exact) mass is 702 g/mol. The molecular formula is C48H34N2O2S. The first-order valence-corrected chi connectivity index (χ1v) is 19.1. The Bertz CT molecular complexity index is 2520. The fourth-order valence-electron chi connectivity index (χ4n) is 7.21. The van der Waals surface area contributed by atoms with Crippen LogP contribution in [0.25, 0.3) is 33.4 Å². The standard InChI is InChI=1S/C48H34N2O2S/c51-53(52)47-20-9-7-18-45(47)50(46-19-8-10-21-48(46)53)44-17-11-16-40(34-44)39-26-32-43(33-27-39)49(41-28-22-37(23-29-41)35-12-3-1-4-13-35)42-30-24-38(25-31-42)36-14-5-2-6-15-36/h1-34H. The van der Waals surface area contributed by atoms with E-state index in [1.54, 1.807) is 24.3 Å². The van der Waals surface area contributed by atoms with Crippen LogP contribution in [0.3, 0.4) is 0 Å². The van der Waals surface area contributed by atoms with Gasteiger partial charge in [-0.3, -0.25) is 0 Å². The van der Waals surface area contributed by atoms with Crippen molar-refractivity contribution >= 4 is 44.0 Å². The van der Waals surface area contributed by atoms with E-state index in [-0.39, 0.29) is 0 Å². The van der Waals surface area contributed by atoms with E-state index in [1.807, 2.05) is 53.4 Å². The number of sulfone groups is 1. The highest BCUT2D eigenvalue weighted by atomic mass is 32.2. The number of rotatable bonds is 7. The summed E-state index contributed by atoms with van der Waals surface area (Å²) in [4.78, 5) is 4.94. The van der Waals surface area contributed by atoms with E-state index in [2.05, 4.69) is 138 Å². The zero-order valence-electron chi connectivity index (χ0n) is 28.7. The van der Waals surface area contributed by atoms with Crippen molar-refractivity contribution in [2.24, 2.45) is 0 Å². The highest BCUT2D eigenvalue weighted by Crippen LogP contribution is 2.48. The predicted octanol–water partition coefficient (Wildman–Crippen LogP) is 12.8. The van der Waals surface area contributed by atoms with Crippen LogP contribution in [0.15, 0.2) is 216 Å². The van der Waals surface area contributed by atoms with Gasteiger partial charge in [-0.2, -0.15) is 0 Å². The van der Waals surface area contributed by atoms with Gasteiger partial charge >= 0.3 is 0 Å². The third kappa shape index (κ3) is 5.97. The largest absolute Gasteiger partial charge is 0.311 e. The molecule has 0 spiro atoms. The van der Waals surface area contributed by atoms with Crippen LogP contribution in [-0.4, -0.2) is 8.42 Å². The molecule has 0 atom stereocenters. The fourth-order valence-corrected chi connectivity index (χ4v) is 8.83. The molecule has 1 aliphatic heterocycles. The zero-order chi connectivity index (χ0) is 35.8. The Balaban J connectivity index is 1.08. The van der Waals surface area contributed by atoms with Crippen molar-refractivity contribution < 1.29 is 8.42 Å². The highest BCUT2D eigenvalue weighted by molar-refractivity contribution is 7.92. The van der Waals surface area contributed by atoms with E-state index in [0.29, 0.717) is 21.2 Å². The normalized spacial score (nSPS) is 12.8. The Morgan fingerprint density at radius 2 is 0.698 bits per heavy atom. The second-order valence-corrected chi connectivity index (χ2v) is 14.9. The van der Waals surface area contributed by atoms with Gasteiger partial charge in [0.25, 0.3) is 0 Å². The van der Waals surface area contributed by atoms with Crippen LogP contribution in [0.1, 0.15) is 0 Å². The predicted molar refractivity (Wildman–Crippen MR) is 218 cm³/mol. The number of nitrogens with zero attached hydrogens (tertiary/aromatic N) is 2. The lowest BCUT2D eigenvalue weighted by Crippen LogP contribution is -2.22. The molecular weight excluding hydrogens is 669 g/mol. The molecule has 0 amide bonds. The number of hydrogen-bond donors (Lipinski definition) is 0. The number of hydrogen-bond acceptors (Lipinski definition) is 4. The second-order valence-electron chi connectivity index (χ2n) is 13.0. The Kier molecular flexibility index (Phi) is 8.18. The molecule has 8 aromatic rings. The molecule has 0 saturated heterocycles. The van der Waals surface area contributed by atoms with Crippen molar-refractivity contribution in [3.63, 3.8) is 0 Å². The average Bonchev–Trinajstić information content (AvgIpc) is 3.23. The van der Waals surface area contributed by atoms with Crippen LogP contribution < -0.4 is 9.80 Å². The molecule has 0 saturated carbocycles. The number of para-hydroxylation sites is 2. The molecule has 9 rings (SSSR count). The minimum atomic E-state index is -3.64. The summed E-state index contributed by atoms with van der Waals surface area (Å²) in [5, 5.41) is 0. The first-order valence-electron chi connectivity index (χ1n) is 17.6. The molecule has 0 aliphatic carbocycles. The Morgan fingerprint density at radius 1 is 0.340 bits per heavy atom. The summed E-state index contributed by atoms with van der Waals surface area (Å²) in [5.74, 6) is 0. The Morgan fingerprint density at radius 3 is 1.15 bits per heavy atom. The van der Waals surface area contributed by atoms with E-state index < -0.39 is 9.84 Å². The van der Waals surface area contributed by atoms with Gasteiger partial charge in [-0.1, -0.05) is 133 Å². The number of fused-ring (bicyclic) bond motifs is 2. The molecule has 0 bridgehead atoms. The van der Waals surface area contributed by atoms with Crippen molar-refractivity contribution in [1.29, 1.82) is 0 Å². The lowest BCUT2D eigenvalue weighted by molar-refractivity contribution is 0.595. The van der Waals surface area contributed by atoms with Crippen molar-refractivity contribution in [2.75, 3.05) is 9.80 Å². The van der Waals surface area contributed by atoms with Crippen LogP contribution in [0.4, 0.5) is 34.1 Å². The maximum Gasteiger partial charge on any atom is 0.210 e. The van der Waals surface area contributed by atoms with E-state index in [9.17, 15) is 8.42 Å². The van der Waals surface area contributed by atoms with Crippen molar-refractivity contribution in [3.05, 3.63) is 206 Å². The molecule has 254 valence electrons. The van der Waals surface area contributed by atoms with Gasteiger partial charge in [-0.05, 0) is 106 Å². The minimum absolute atomic E-state index is 0.308. The first kappa shape index (κ1) is 32.2. The first-order chi connectivity index (χ1) is 26.0. The summed E-state index contributed by atoms with van der Waals surface area (Å²) < 4.78 is 27.2. The zero-order valence-corrected chi connectivity index (χ0v) is 29.6. The molecule has 0 aromatic heterocycles. The molecule has 5 heteroatoms. The van der Waals surface area contributed by atoms with Crippen LogP contribution >= 0.6 is 0 Å². The van der Waals surface area contributed by atoms with E-state index >= 15 is 0 Å². The third-order valence-corrected chi connectivity index (χ3v) is 11.7.